The van der Waals surface area contributed by atoms with Gasteiger partial charge >= 0.3 is 0 Å². The molecule has 0 aromatic carbocycles. The molecule has 0 saturated heterocycles. The number of pyridine rings is 1. The van der Waals surface area contributed by atoms with Crippen LogP contribution in [0.2, 0.25) is 0 Å². The first-order valence-corrected chi connectivity index (χ1v) is 7.28. The summed E-state index contributed by atoms with van der Waals surface area (Å²) in [5, 5.41) is 3.06. The average molecular weight is 257 g/mol. The summed E-state index contributed by atoms with van der Waals surface area (Å²) in [6, 6.07) is 3.52. The van der Waals surface area contributed by atoms with Gasteiger partial charge in [0.05, 0.1) is 17.6 Å². The molecule has 0 radical (unpaired) electrons. The van der Waals surface area contributed by atoms with Gasteiger partial charge in [-0.1, -0.05) is 6.92 Å². The highest BCUT2D eigenvalue weighted by atomic mass is 32.2. The Kier molecular flexibility index (Phi) is 4.74. The zero-order valence-corrected chi connectivity index (χ0v) is 11.3. The summed E-state index contributed by atoms with van der Waals surface area (Å²) >= 11 is 0. The van der Waals surface area contributed by atoms with Gasteiger partial charge in [0.2, 0.25) is 10.0 Å². The number of rotatable bonds is 6. The Morgan fingerprint density at radius 2 is 2.06 bits per heavy atom. The van der Waals surface area contributed by atoms with Crippen molar-refractivity contribution in [3.63, 3.8) is 0 Å². The smallest absolute Gasteiger partial charge is 0.234 e. The number of anilines is 2. The molecule has 0 aliphatic heterocycles. The van der Waals surface area contributed by atoms with Crippen molar-refractivity contribution in [1.82, 2.24) is 4.98 Å². The van der Waals surface area contributed by atoms with Gasteiger partial charge in [0.15, 0.2) is 0 Å². The van der Waals surface area contributed by atoms with Gasteiger partial charge < -0.3 is 5.32 Å². The maximum Gasteiger partial charge on any atom is 0.234 e. The van der Waals surface area contributed by atoms with Gasteiger partial charge in [0.1, 0.15) is 5.82 Å². The Morgan fingerprint density at radius 3 is 2.53 bits per heavy atom. The average Bonchev–Trinajstić information content (AvgIpc) is 2.29. The largest absolute Gasteiger partial charge is 0.370 e. The van der Waals surface area contributed by atoms with E-state index in [1.54, 1.807) is 25.4 Å². The van der Waals surface area contributed by atoms with Gasteiger partial charge in [0.25, 0.3) is 0 Å². The Hall–Kier alpha value is -1.30. The lowest BCUT2D eigenvalue weighted by Crippen LogP contribution is -2.28. The van der Waals surface area contributed by atoms with E-state index >= 15 is 0 Å². The summed E-state index contributed by atoms with van der Waals surface area (Å²) in [7, 11) is -1.67. The first kappa shape index (κ1) is 13.8. The van der Waals surface area contributed by atoms with Gasteiger partial charge in [-0.15, -0.1) is 0 Å². The van der Waals surface area contributed by atoms with E-state index in [1.807, 2.05) is 13.8 Å². The van der Waals surface area contributed by atoms with E-state index in [2.05, 4.69) is 10.3 Å². The maximum absolute atomic E-state index is 11.8. The van der Waals surface area contributed by atoms with Gasteiger partial charge in [-0.05, 0) is 25.5 Å². The SMILES string of the molecule is CCCS(=O)(=O)N(C)c1ccc(NCC)nc1. The number of nitrogens with one attached hydrogen (secondary N) is 1. The maximum atomic E-state index is 11.8. The fourth-order valence-electron chi connectivity index (χ4n) is 1.41. The molecule has 0 amide bonds. The zero-order chi connectivity index (χ0) is 12.9. The van der Waals surface area contributed by atoms with Crippen LogP contribution in [0.5, 0.6) is 0 Å². The van der Waals surface area contributed by atoms with Crippen molar-refractivity contribution in [2.75, 3.05) is 29.0 Å². The van der Waals surface area contributed by atoms with Crippen LogP contribution in [0.3, 0.4) is 0 Å². The van der Waals surface area contributed by atoms with E-state index in [0.717, 1.165) is 12.4 Å². The normalized spacial score (nSPS) is 11.2. The molecule has 5 nitrogen and oxygen atoms in total. The lowest BCUT2D eigenvalue weighted by atomic mass is 10.4. The topological polar surface area (TPSA) is 62.3 Å². The van der Waals surface area contributed by atoms with Crippen molar-refractivity contribution in [2.24, 2.45) is 0 Å². The third-order valence-corrected chi connectivity index (χ3v) is 4.32. The number of aromatic nitrogens is 1. The Balaban J connectivity index is 2.86. The highest BCUT2D eigenvalue weighted by Crippen LogP contribution is 2.17. The minimum Gasteiger partial charge on any atom is -0.370 e. The fourth-order valence-corrected chi connectivity index (χ4v) is 2.63. The summed E-state index contributed by atoms with van der Waals surface area (Å²) in [6.45, 7) is 4.61. The molecule has 1 heterocycles. The summed E-state index contributed by atoms with van der Waals surface area (Å²) < 4.78 is 24.9. The van der Waals surface area contributed by atoms with Crippen LogP contribution in [0.4, 0.5) is 11.5 Å². The molecule has 0 fully saturated rings. The number of hydrogen-bond acceptors (Lipinski definition) is 4. The molecule has 1 N–H and O–H groups in total. The second-order valence-electron chi connectivity index (χ2n) is 3.72. The van der Waals surface area contributed by atoms with Crippen molar-refractivity contribution in [3.8, 4) is 0 Å². The molecule has 0 aliphatic carbocycles. The summed E-state index contributed by atoms with van der Waals surface area (Å²) in [5.74, 6) is 0.899. The van der Waals surface area contributed by atoms with Crippen molar-refractivity contribution in [3.05, 3.63) is 18.3 Å². The van der Waals surface area contributed by atoms with Crippen molar-refractivity contribution in [1.29, 1.82) is 0 Å². The molecule has 0 bridgehead atoms. The van der Waals surface area contributed by atoms with Gasteiger partial charge in [-0.3, -0.25) is 4.31 Å². The Labute approximate surface area is 103 Å². The second kappa shape index (κ2) is 5.86. The van der Waals surface area contributed by atoms with Crippen molar-refractivity contribution >= 4 is 21.5 Å². The van der Waals surface area contributed by atoms with Crippen LogP contribution in [0.25, 0.3) is 0 Å². The predicted molar refractivity (Wildman–Crippen MR) is 70.9 cm³/mol. The predicted octanol–water partition coefficient (Wildman–Crippen LogP) is 1.69. The third-order valence-electron chi connectivity index (χ3n) is 2.35. The third kappa shape index (κ3) is 3.59. The van der Waals surface area contributed by atoms with Crippen LogP contribution >= 0.6 is 0 Å². The number of sulfonamides is 1. The van der Waals surface area contributed by atoms with Crippen LogP contribution in [-0.4, -0.2) is 32.7 Å². The fraction of sp³-hybridized carbons (Fsp3) is 0.545. The molecular formula is C11H19N3O2S. The molecule has 1 aromatic heterocycles. The van der Waals surface area contributed by atoms with Gasteiger partial charge in [0, 0.05) is 13.6 Å². The molecule has 0 aliphatic rings. The molecule has 0 unspecified atom stereocenters. The molecular weight excluding hydrogens is 238 g/mol. The summed E-state index contributed by atoms with van der Waals surface area (Å²) in [6.07, 6.45) is 2.17. The second-order valence-corrected chi connectivity index (χ2v) is 5.84. The highest BCUT2D eigenvalue weighted by molar-refractivity contribution is 7.92. The molecule has 6 heteroatoms. The molecule has 17 heavy (non-hydrogen) atoms. The quantitative estimate of drug-likeness (QED) is 0.842. The van der Waals surface area contributed by atoms with E-state index in [-0.39, 0.29) is 5.75 Å². The number of nitrogens with zero attached hydrogens (tertiary/aromatic N) is 2. The Bertz CT molecular complexity index is 442. The first-order valence-electron chi connectivity index (χ1n) is 5.67. The number of hydrogen-bond donors (Lipinski definition) is 1. The van der Waals surface area contributed by atoms with Crippen LogP contribution in [0.15, 0.2) is 18.3 Å². The van der Waals surface area contributed by atoms with E-state index in [9.17, 15) is 8.42 Å². The molecule has 96 valence electrons. The van der Waals surface area contributed by atoms with E-state index in [1.165, 1.54) is 4.31 Å². The first-order chi connectivity index (χ1) is 8.01. The van der Waals surface area contributed by atoms with E-state index in [0.29, 0.717) is 12.1 Å². The van der Waals surface area contributed by atoms with Crippen LogP contribution in [-0.2, 0) is 10.0 Å². The van der Waals surface area contributed by atoms with Gasteiger partial charge in [-0.2, -0.15) is 0 Å². The standard InChI is InChI=1S/C11H19N3O2S/c1-4-8-17(15,16)14(3)10-6-7-11(12-5-2)13-9-10/h6-7,9H,4-5,8H2,1-3H3,(H,12,13). The molecule has 0 spiro atoms. The van der Waals surface area contributed by atoms with Crippen molar-refractivity contribution < 1.29 is 8.42 Å². The van der Waals surface area contributed by atoms with Crippen molar-refractivity contribution in [2.45, 2.75) is 20.3 Å². The summed E-state index contributed by atoms with van der Waals surface area (Å²) in [5.41, 5.74) is 0.583. The van der Waals surface area contributed by atoms with Crippen LogP contribution in [0.1, 0.15) is 20.3 Å². The molecule has 0 atom stereocenters. The lowest BCUT2D eigenvalue weighted by molar-refractivity contribution is 0.593. The minimum atomic E-state index is -3.22. The van der Waals surface area contributed by atoms with E-state index in [4.69, 9.17) is 0 Å². The van der Waals surface area contributed by atoms with Gasteiger partial charge in [-0.25, -0.2) is 13.4 Å². The minimum absolute atomic E-state index is 0.151. The lowest BCUT2D eigenvalue weighted by Gasteiger charge is -2.18. The highest BCUT2D eigenvalue weighted by Gasteiger charge is 2.17. The Morgan fingerprint density at radius 1 is 1.35 bits per heavy atom. The monoisotopic (exact) mass is 257 g/mol. The van der Waals surface area contributed by atoms with E-state index < -0.39 is 10.0 Å². The van der Waals surface area contributed by atoms with Crippen LogP contribution in [0, 0.1) is 0 Å². The molecule has 0 saturated carbocycles. The zero-order valence-electron chi connectivity index (χ0n) is 10.5. The molecule has 1 rings (SSSR count). The van der Waals surface area contributed by atoms with Crippen LogP contribution < -0.4 is 9.62 Å². The summed E-state index contributed by atoms with van der Waals surface area (Å²) in [4.78, 5) is 4.15. The molecule has 1 aromatic rings.